The minimum absolute atomic E-state index is 0.288. The average Bonchev–Trinajstić information content (AvgIpc) is 3.83. The SMILES string of the molecule is C1=CC23CC=Cc4c2c2c5c(ccc2n4-c2nc(-c4ccccc4)nc(-c4ccccc4)n2)-c2ccccc2C5(c2ccccc2)C3=C1. The van der Waals surface area contributed by atoms with Crippen LogP contribution in [0, 0.1) is 0 Å². The van der Waals surface area contributed by atoms with Crippen LogP contribution in [0.25, 0.3) is 56.8 Å². The fraction of sp³-hybridized carbons (Fsp3) is 0.0682. The van der Waals surface area contributed by atoms with E-state index < -0.39 is 5.41 Å². The van der Waals surface area contributed by atoms with Crippen molar-refractivity contribution < 1.29 is 0 Å². The summed E-state index contributed by atoms with van der Waals surface area (Å²) in [5.41, 5.74) is 13.0. The Balaban J connectivity index is 1.30. The molecule has 2 unspecified atom stereocenters. The van der Waals surface area contributed by atoms with E-state index in [0.29, 0.717) is 17.6 Å². The van der Waals surface area contributed by atoms with Gasteiger partial charge in [-0.2, -0.15) is 9.97 Å². The second kappa shape index (κ2) is 9.24. The first kappa shape index (κ1) is 26.0. The van der Waals surface area contributed by atoms with Crippen LogP contribution in [-0.4, -0.2) is 19.5 Å². The summed E-state index contributed by atoms with van der Waals surface area (Å²) in [7, 11) is 0. The van der Waals surface area contributed by atoms with Gasteiger partial charge in [0.15, 0.2) is 11.6 Å². The first-order valence-corrected chi connectivity index (χ1v) is 16.6. The van der Waals surface area contributed by atoms with Gasteiger partial charge in [0.2, 0.25) is 5.95 Å². The normalized spacial score (nSPS) is 20.5. The smallest absolute Gasteiger partial charge is 0.238 e. The lowest BCUT2D eigenvalue weighted by molar-refractivity contribution is 0.542. The van der Waals surface area contributed by atoms with E-state index in [4.69, 9.17) is 15.0 Å². The second-order valence-electron chi connectivity index (χ2n) is 13.2. The van der Waals surface area contributed by atoms with Gasteiger partial charge < -0.3 is 0 Å². The van der Waals surface area contributed by atoms with E-state index in [2.05, 4.69) is 126 Å². The maximum absolute atomic E-state index is 5.23. The molecule has 0 saturated carbocycles. The van der Waals surface area contributed by atoms with Crippen LogP contribution >= 0.6 is 0 Å². The molecule has 224 valence electrons. The van der Waals surface area contributed by atoms with E-state index in [-0.39, 0.29) is 5.41 Å². The van der Waals surface area contributed by atoms with Crippen LogP contribution in [0.4, 0.5) is 0 Å². The Morgan fingerprint density at radius 1 is 0.604 bits per heavy atom. The molecule has 7 aromatic rings. The molecule has 0 radical (unpaired) electrons. The van der Waals surface area contributed by atoms with Gasteiger partial charge in [0.05, 0.1) is 16.6 Å². The van der Waals surface area contributed by atoms with Crippen LogP contribution < -0.4 is 0 Å². The summed E-state index contributed by atoms with van der Waals surface area (Å²) >= 11 is 0. The van der Waals surface area contributed by atoms with Gasteiger partial charge in [-0.15, -0.1) is 0 Å². The lowest BCUT2D eigenvalue weighted by Gasteiger charge is -2.48. The van der Waals surface area contributed by atoms with Crippen LogP contribution in [0.2, 0.25) is 0 Å². The molecule has 2 atom stereocenters. The van der Waals surface area contributed by atoms with Crippen LogP contribution in [-0.2, 0) is 10.8 Å². The number of allylic oxidation sites excluding steroid dienone is 5. The predicted octanol–water partition coefficient (Wildman–Crippen LogP) is 9.63. The molecule has 0 saturated heterocycles. The van der Waals surface area contributed by atoms with Crippen LogP contribution in [0.1, 0.15) is 34.4 Å². The standard InChI is InChI=1S/C44H28N4/c1-4-14-28(15-5-1)40-45-41(29-16-6-2-7-17-29)47-42(46-40)48-34-25-24-32-31-20-10-11-21-33(31)44(30-18-8-3-9-19-30)36-23-13-27-43(36)26-12-22-35(48)39(43)37(34)38(32)44/h1-25,27H,26H2. The summed E-state index contributed by atoms with van der Waals surface area (Å²) in [4.78, 5) is 15.5. The summed E-state index contributed by atoms with van der Waals surface area (Å²) in [5, 5.41) is 1.32. The first-order chi connectivity index (χ1) is 23.8. The zero-order valence-corrected chi connectivity index (χ0v) is 26.0. The molecule has 4 nitrogen and oxygen atoms in total. The Kier molecular flexibility index (Phi) is 5.00. The molecule has 2 aromatic heterocycles. The van der Waals surface area contributed by atoms with Crippen molar-refractivity contribution in [2.45, 2.75) is 17.3 Å². The molecule has 0 fully saturated rings. The summed E-state index contributed by atoms with van der Waals surface area (Å²) < 4.78 is 2.30. The van der Waals surface area contributed by atoms with Crippen molar-refractivity contribution in [3.63, 3.8) is 0 Å². The van der Waals surface area contributed by atoms with Crippen molar-refractivity contribution in [2.24, 2.45) is 0 Å². The number of benzene rings is 5. The number of nitrogens with zero attached hydrogens (tertiary/aromatic N) is 4. The number of aromatic nitrogens is 4. The number of hydrogen-bond donors (Lipinski definition) is 0. The monoisotopic (exact) mass is 612 g/mol. The molecule has 2 heterocycles. The quantitative estimate of drug-likeness (QED) is 0.199. The van der Waals surface area contributed by atoms with E-state index >= 15 is 0 Å². The van der Waals surface area contributed by atoms with Gasteiger partial charge in [0, 0.05) is 27.5 Å². The topological polar surface area (TPSA) is 43.6 Å². The van der Waals surface area contributed by atoms with Gasteiger partial charge in [-0.05, 0) is 52.0 Å². The third-order valence-corrected chi connectivity index (χ3v) is 11.0. The number of rotatable bonds is 4. The van der Waals surface area contributed by atoms with Gasteiger partial charge in [-0.25, -0.2) is 4.98 Å². The first-order valence-electron chi connectivity index (χ1n) is 16.6. The Hall–Kier alpha value is -6.13. The minimum atomic E-state index is -0.415. The van der Waals surface area contributed by atoms with Crippen LogP contribution in [0.5, 0.6) is 0 Å². The number of fused-ring (bicyclic) bond motifs is 4. The van der Waals surface area contributed by atoms with Crippen molar-refractivity contribution in [2.75, 3.05) is 0 Å². The largest absolute Gasteiger partial charge is 0.278 e. The van der Waals surface area contributed by atoms with Gasteiger partial charge >= 0.3 is 0 Å². The Labute approximate surface area is 278 Å². The van der Waals surface area contributed by atoms with Crippen molar-refractivity contribution in [3.8, 4) is 39.9 Å². The maximum atomic E-state index is 5.23. The third-order valence-electron chi connectivity index (χ3n) is 11.0. The van der Waals surface area contributed by atoms with Crippen molar-refractivity contribution in [1.29, 1.82) is 0 Å². The summed E-state index contributed by atoms with van der Waals surface area (Å²) in [6, 6.07) is 45.3. The Morgan fingerprint density at radius 2 is 1.27 bits per heavy atom. The average molecular weight is 613 g/mol. The third kappa shape index (κ3) is 3.08. The maximum Gasteiger partial charge on any atom is 0.238 e. The molecule has 0 amide bonds. The van der Waals surface area contributed by atoms with Gasteiger partial charge in [0.25, 0.3) is 0 Å². The molecule has 4 aliphatic carbocycles. The van der Waals surface area contributed by atoms with E-state index in [1.807, 2.05) is 36.4 Å². The molecule has 1 spiro atoms. The van der Waals surface area contributed by atoms with E-state index in [9.17, 15) is 0 Å². The Morgan fingerprint density at radius 3 is 2.00 bits per heavy atom. The van der Waals surface area contributed by atoms with Gasteiger partial charge in [0.1, 0.15) is 0 Å². The van der Waals surface area contributed by atoms with Crippen molar-refractivity contribution in [1.82, 2.24) is 19.5 Å². The molecular weight excluding hydrogens is 585 g/mol. The highest BCUT2D eigenvalue weighted by Gasteiger charge is 2.60. The molecule has 0 aliphatic heterocycles. The molecule has 5 aromatic carbocycles. The zero-order valence-electron chi connectivity index (χ0n) is 26.0. The highest BCUT2D eigenvalue weighted by atomic mass is 15.2. The lowest BCUT2D eigenvalue weighted by Crippen LogP contribution is -2.43. The molecule has 11 rings (SSSR count). The Bertz CT molecular complexity index is 2520. The minimum Gasteiger partial charge on any atom is -0.278 e. The van der Waals surface area contributed by atoms with E-state index in [1.165, 1.54) is 44.3 Å². The molecule has 0 N–H and O–H groups in total. The summed E-state index contributed by atoms with van der Waals surface area (Å²) in [5.74, 6) is 1.95. The number of hydrogen-bond acceptors (Lipinski definition) is 3. The lowest BCUT2D eigenvalue weighted by atomic mass is 9.52. The van der Waals surface area contributed by atoms with Crippen LogP contribution in [0.15, 0.2) is 157 Å². The zero-order chi connectivity index (χ0) is 31.5. The molecule has 48 heavy (non-hydrogen) atoms. The molecular formula is C44H28N4. The van der Waals surface area contributed by atoms with Crippen LogP contribution in [0.3, 0.4) is 0 Å². The second-order valence-corrected chi connectivity index (χ2v) is 13.2. The van der Waals surface area contributed by atoms with Gasteiger partial charge in [-0.1, -0.05) is 146 Å². The molecule has 4 heteroatoms. The fourth-order valence-corrected chi connectivity index (χ4v) is 9.20. The molecule has 4 aliphatic rings. The fourth-order valence-electron chi connectivity index (χ4n) is 9.20. The van der Waals surface area contributed by atoms with E-state index in [1.54, 1.807) is 0 Å². The highest BCUT2D eigenvalue weighted by molar-refractivity contribution is 6.07. The van der Waals surface area contributed by atoms with E-state index in [0.717, 1.165) is 28.8 Å². The predicted molar refractivity (Wildman–Crippen MR) is 192 cm³/mol. The van der Waals surface area contributed by atoms with Crippen molar-refractivity contribution >= 4 is 17.0 Å². The molecule has 0 bridgehead atoms. The summed E-state index contributed by atoms with van der Waals surface area (Å²) in [6.45, 7) is 0. The van der Waals surface area contributed by atoms with Gasteiger partial charge in [-0.3, -0.25) is 4.57 Å². The van der Waals surface area contributed by atoms with Crippen molar-refractivity contribution in [3.05, 3.63) is 185 Å². The summed E-state index contributed by atoms with van der Waals surface area (Å²) in [6.07, 6.45) is 12.7. The highest BCUT2D eigenvalue weighted by Crippen LogP contribution is 2.69.